The molecule has 0 unspecified atom stereocenters. The van der Waals surface area contributed by atoms with Crippen LogP contribution in [0, 0.1) is 6.92 Å². The highest BCUT2D eigenvalue weighted by Gasteiger charge is 2.20. The first-order valence-corrected chi connectivity index (χ1v) is 16.2. The number of aromatic nitrogens is 2. The van der Waals surface area contributed by atoms with Crippen LogP contribution in [-0.4, -0.2) is 53.8 Å². The SMILES string of the molecule is CCOc1ccccc1N1CCN(Cc2cccc(/C=C/c3n[nH]c4cc(C)c(NC(=O)CCc5cccs5)cc34)c2)CC1. The number of carbonyl (C=O) groups excluding carboxylic acids is 1. The predicted molar refractivity (Wildman–Crippen MR) is 183 cm³/mol. The van der Waals surface area contributed by atoms with Crippen LogP contribution in [0.4, 0.5) is 11.4 Å². The highest BCUT2D eigenvalue weighted by molar-refractivity contribution is 7.09. The Morgan fingerprint density at radius 1 is 1.02 bits per heavy atom. The minimum atomic E-state index is 0.0231. The van der Waals surface area contributed by atoms with Crippen molar-refractivity contribution in [1.82, 2.24) is 15.1 Å². The third-order valence-electron chi connectivity index (χ3n) is 8.06. The zero-order chi connectivity index (χ0) is 30.3. The van der Waals surface area contributed by atoms with Gasteiger partial charge in [0.15, 0.2) is 0 Å². The second-order valence-electron chi connectivity index (χ2n) is 11.2. The van der Waals surface area contributed by atoms with Gasteiger partial charge in [-0.2, -0.15) is 5.10 Å². The van der Waals surface area contributed by atoms with Crippen LogP contribution < -0.4 is 15.0 Å². The van der Waals surface area contributed by atoms with E-state index in [-0.39, 0.29) is 5.91 Å². The van der Waals surface area contributed by atoms with Gasteiger partial charge in [0.2, 0.25) is 5.91 Å². The van der Waals surface area contributed by atoms with E-state index in [1.807, 2.05) is 49.6 Å². The number of nitrogens with zero attached hydrogens (tertiary/aromatic N) is 3. The van der Waals surface area contributed by atoms with Crippen LogP contribution >= 0.6 is 11.3 Å². The van der Waals surface area contributed by atoms with Crippen molar-refractivity contribution in [2.75, 3.05) is 43.0 Å². The summed E-state index contributed by atoms with van der Waals surface area (Å²) in [4.78, 5) is 18.8. The number of fused-ring (bicyclic) bond motifs is 1. The van der Waals surface area contributed by atoms with Crippen LogP contribution in [0.2, 0.25) is 0 Å². The van der Waals surface area contributed by atoms with Gasteiger partial charge in [0.05, 0.1) is 23.5 Å². The summed E-state index contributed by atoms with van der Waals surface area (Å²) in [5.74, 6) is 0.989. The first-order chi connectivity index (χ1) is 21.6. The Hall–Kier alpha value is -4.40. The summed E-state index contributed by atoms with van der Waals surface area (Å²) in [7, 11) is 0. The molecule has 1 aliphatic rings. The Kier molecular flexibility index (Phi) is 9.39. The van der Waals surface area contributed by atoms with E-state index in [4.69, 9.17) is 4.74 Å². The molecule has 0 saturated carbocycles. The van der Waals surface area contributed by atoms with Crippen LogP contribution in [0.5, 0.6) is 5.75 Å². The summed E-state index contributed by atoms with van der Waals surface area (Å²) in [6, 6.07) is 25.2. The van der Waals surface area contributed by atoms with Gasteiger partial charge < -0.3 is 15.0 Å². The van der Waals surface area contributed by atoms with Gasteiger partial charge in [0.25, 0.3) is 0 Å². The van der Waals surface area contributed by atoms with Crippen LogP contribution in [-0.2, 0) is 17.8 Å². The number of nitrogens with one attached hydrogen (secondary N) is 2. The van der Waals surface area contributed by atoms with Crippen LogP contribution in [0.25, 0.3) is 23.1 Å². The highest BCUT2D eigenvalue weighted by Crippen LogP contribution is 2.29. The van der Waals surface area contributed by atoms with E-state index in [1.54, 1.807) is 11.3 Å². The predicted octanol–water partition coefficient (Wildman–Crippen LogP) is 7.40. The molecule has 0 spiro atoms. The fraction of sp³-hybridized carbons (Fsp3) is 0.278. The molecular formula is C36H39N5O2S. The van der Waals surface area contributed by atoms with E-state index in [0.29, 0.717) is 13.0 Å². The van der Waals surface area contributed by atoms with E-state index >= 15 is 0 Å². The molecule has 1 fully saturated rings. The van der Waals surface area contributed by atoms with Crippen molar-refractivity contribution in [1.29, 1.82) is 0 Å². The number of rotatable bonds is 11. The zero-order valence-electron chi connectivity index (χ0n) is 25.4. The average Bonchev–Trinajstić information content (AvgIpc) is 3.70. The number of anilines is 2. The first kappa shape index (κ1) is 29.7. The van der Waals surface area contributed by atoms with Gasteiger partial charge in [0.1, 0.15) is 5.75 Å². The molecule has 3 aromatic carbocycles. The molecule has 7 nitrogen and oxygen atoms in total. The molecule has 8 heteroatoms. The maximum Gasteiger partial charge on any atom is 0.224 e. The molecule has 5 aromatic rings. The molecule has 0 aliphatic carbocycles. The van der Waals surface area contributed by atoms with Crippen molar-refractivity contribution in [3.8, 4) is 5.75 Å². The molecule has 0 atom stereocenters. The van der Waals surface area contributed by atoms with Gasteiger partial charge in [0, 0.05) is 55.1 Å². The first-order valence-electron chi connectivity index (χ1n) is 15.3. The smallest absolute Gasteiger partial charge is 0.224 e. The van der Waals surface area contributed by atoms with Crippen molar-refractivity contribution >= 4 is 51.7 Å². The number of amides is 1. The van der Waals surface area contributed by atoms with Crippen molar-refractivity contribution in [2.45, 2.75) is 33.2 Å². The molecule has 3 heterocycles. The second-order valence-corrected chi connectivity index (χ2v) is 12.2. The van der Waals surface area contributed by atoms with Gasteiger partial charge in [-0.1, -0.05) is 48.5 Å². The molecule has 1 amide bonds. The number of hydrogen-bond acceptors (Lipinski definition) is 6. The van der Waals surface area contributed by atoms with Crippen LogP contribution in [0.15, 0.2) is 78.2 Å². The quantitative estimate of drug-likeness (QED) is 0.164. The Labute approximate surface area is 263 Å². The number of benzene rings is 3. The van der Waals surface area contributed by atoms with Crippen molar-refractivity contribution < 1.29 is 9.53 Å². The maximum absolute atomic E-state index is 12.7. The molecule has 2 aromatic heterocycles. The molecule has 1 saturated heterocycles. The van der Waals surface area contributed by atoms with Crippen LogP contribution in [0.3, 0.4) is 0 Å². The highest BCUT2D eigenvalue weighted by atomic mass is 32.1. The molecule has 44 heavy (non-hydrogen) atoms. The number of H-pyrrole nitrogens is 1. The van der Waals surface area contributed by atoms with E-state index in [0.717, 1.165) is 78.3 Å². The molecule has 2 N–H and O–H groups in total. The Balaban J connectivity index is 1.08. The summed E-state index contributed by atoms with van der Waals surface area (Å²) < 4.78 is 5.86. The van der Waals surface area contributed by atoms with E-state index < -0.39 is 0 Å². The summed E-state index contributed by atoms with van der Waals surface area (Å²) in [6.07, 6.45) is 5.37. The lowest BCUT2D eigenvalue weighted by Gasteiger charge is -2.36. The second kappa shape index (κ2) is 13.9. The fourth-order valence-electron chi connectivity index (χ4n) is 5.73. The Bertz CT molecular complexity index is 1730. The number of aromatic amines is 1. The van der Waals surface area contributed by atoms with Gasteiger partial charge in [-0.05, 0) is 78.7 Å². The molecule has 1 aliphatic heterocycles. The minimum Gasteiger partial charge on any atom is -0.492 e. The van der Waals surface area contributed by atoms with E-state index in [2.05, 4.69) is 79.9 Å². The molecular weight excluding hydrogens is 566 g/mol. The summed E-state index contributed by atoms with van der Waals surface area (Å²) in [5.41, 5.74) is 7.26. The maximum atomic E-state index is 12.7. The van der Waals surface area contributed by atoms with Gasteiger partial charge in [-0.25, -0.2) is 0 Å². The molecule has 0 radical (unpaired) electrons. The lowest BCUT2D eigenvalue weighted by molar-refractivity contribution is -0.116. The standard InChI is InChI=1S/C36H39N5O2S/c1-3-43-35-12-5-4-11-34(35)41-19-17-40(18-20-41)25-28-9-6-8-27(23-28)13-15-31-30-24-32(26(2)22-33(30)39-38-31)37-36(42)16-14-29-10-7-21-44-29/h4-13,15,21-24H,3,14,16-20,25H2,1-2H3,(H,37,42)(H,38,39)/b15-13+. The van der Waals surface area contributed by atoms with Gasteiger partial charge >= 0.3 is 0 Å². The van der Waals surface area contributed by atoms with E-state index in [1.165, 1.54) is 16.1 Å². The monoisotopic (exact) mass is 605 g/mol. The fourth-order valence-corrected chi connectivity index (χ4v) is 6.44. The third-order valence-corrected chi connectivity index (χ3v) is 9.00. The van der Waals surface area contributed by atoms with Crippen molar-refractivity contribution in [3.05, 3.63) is 105 Å². The summed E-state index contributed by atoms with van der Waals surface area (Å²) >= 11 is 1.69. The molecule has 6 rings (SSSR count). The largest absolute Gasteiger partial charge is 0.492 e. The Morgan fingerprint density at radius 2 is 1.89 bits per heavy atom. The van der Waals surface area contributed by atoms with Crippen LogP contribution in [0.1, 0.15) is 40.6 Å². The number of carbonyl (C=O) groups is 1. The lowest BCUT2D eigenvalue weighted by atomic mass is 10.1. The normalized spacial score (nSPS) is 14.0. The number of para-hydroxylation sites is 2. The lowest BCUT2D eigenvalue weighted by Crippen LogP contribution is -2.46. The summed E-state index contributed by atoms with van der Waals surface area (Å²) in [5, 5.41) is 13.9. The van der Waals surface area contributed by atoms with Crippen molar-refractivity contribution in [2.24, 2.45) is 0 Å². The number of hydrogen-bond donors (Lipinski definition) is 2. The summed E-state index contributed by atoms with van der Waals surface area (Å²) in [6.45, 7) is 9.60. The van der Waals surface area contributed by atoms with Crippen molar-refractivity contribution in [3.63, 3.8) is 0 Å². The third kappa shape index (κ3) is 7.21. The Morgan fingerprint density at radius 3 is 2.70 bits per heavy atom. The topological polar surface area (TPSA) is 73.5 Å². The molecule has 0 bridgehead atoms. The number of thiophene rings is 1. The minimum absolute atomic E-state index is 0.0231. The molecule has 226 valence electrons. The van der Waals surface area contributed by atoms with Gasteiger partial charge in [-0.3, -0.25) is 14.8 Å². The number of ether oxygens (including phenoxy) is 1. The number of aryl methyl sites for hydroxylation is 2. The zero-order valence-corrected chi connectivity index (χ0v) is 26.2. The number of piperazine rings is 1. The van der Waals surface area contributed by atoms with E-state index in [9.17, 15) is 4.79 Å². The average molecular weight is 606 g/mol. The van der Waals surface area contributed by atoms with Gasteiger partial charge in [-0.15, -0.1) is 11.3 Å².